The number of amides is 1. The maximum absolute atomic E-state index is 11.9. The minimum Gasteiger partial charge on any atom is -0.386 e. The first-order chi connectivity index (χ1) is 9.77. The molecular formula is C14H20ClN3O3. The van der Waals surface area contributed by atoms with E-state index in [0.717, 1.165) is 12.8 Å². The van der Waals surface area contributed by atoms with Crippen molar-refractivity contribution in [1.82, 2.24) is 10.2 Å². The van der Waals surface area contributed by atoms with Crippen LogP contribution >= 0.6 is 11.6 Å². The number of carbonyl (C=O) groups excluding carboxylic acids is 1. The van der Waals surface area contributed by atoms with Crippen LogP contribution in [0.25, 0.3) is 0 Å². The monoisotopic (exact) mass is 313 g/mol. The quantitative estimate of drug-likeness (QED) is 0.871. The Bertz CT molecular complexity index is 527. The third kappa shape index (κ3) is 4.62. The highest BCUT2D eigenvalue weighted by Gasteiger charge is 2.25. The summed E-state index contributed by atoms with van der Waals surface area (Å²) in [4.78, 5) is 11.9. The first kappa shape index (κ1) is 16.1. The summed E-state index contributed by atoms with van der Waals surface area (Å²) in [5.74, 6) is 0.0774. The van der Waals surface area contributed by atoms with Gasteiger partial charge in [-0.1, -0.05) is 32.4 Å². The average Bonchev–Trinajstić information content (AvgIpc) is 3.21. The van der Waals surface area contributed by atoms with Crippen molar-refractivity contribution in [3.05, 3.63) is 16.8 Å². The summed E-state index contributed by atoms with van der Waals surface area (Å²) in [6.07, 6.45) is 1.41. The molecule has 7 heteroatoms. The van der Waals surface area contributed by atoms with Crippen molar-refractivity contribution in [1.29, 1.82) is 0 Å². The van der Waals surface area contributed by atoms with Crippen molar-refractivity contribution < 1.29 is 14.6 Å². The minimum atomic E-state index is -0.890. The molecule has 1 aromatic heterocycles. The van der Waals surface area contributed by atoms with Crippen LogP contribution in [0, 0.1) is 5.41 Å². The molecule has 1 amide bonds. The molecule has 2 N–H and O–H groups in total. The molecule has 6 nitrogen and oxygen atoms in total. The predicted octanol–water partition coefficient (Wildman–Crippen LogP) is 2.33. The van der Waals surface area contributed by atoms with Gasteiger partial charge in [0.15, 0.2) is 11.0 Å². The number of nitrogens with zero attached hydrogens (tertiary/aromatic N) is 2. The van der Waals surface area contributed by atoms with Crippen molar-refractivity contribution in [2.75, 3.05) is 11.9 Å². The molecule has 0 aromatic carbocycles. The zero-order valence-electron chi connectivity index (χ0n) is 12.4. The Morgan fingerprint density at radius 2 is 2.19 bits per heavy atom. The molecule has 21 heavy (non-hydrogen) atoms. The van der Waals surface area contributed by atoms with Crippen LogP contribution in [-0.2, 0) is 9.53 Å². The third-order valence-corrected chi connectivity index (χ3v) is 3.37. The van der Waals surface area contributed by atoms with Crippen LogP contribution in [0.5, 0.6) is 0 Å². The molecule has 1 unspecified atom stereocenters. The maximum Gasteiger partial charge on any atom is 0.230 e. The van der Waals surface area contributed by atoms with Crippen molar-refractivity contribution >= 4 is 23.3 Å². The Hall–Kier alpha value is -1.24. The van der Waals surface area contributed by atoms with E-state index in [1.807, 2.05) is 0 Å². The number of aliphatic hydroxyl groups excluding tert-OH is 1. The number of anilines is 1. The van der Waals surface area contributed by atoms with Gasteiger partial charge in [-0.15, -0.1) is 10.2 Å². The van der Waals surface area contributed by atoms with E-state index in [1.54, 1.807) is 20.8 Å². The predicted molar refractivity (Wildman–Crippen MR) is 79.1 cm³/mol. The summed E-state index contributed by atoms with van der Waals surface area (Å²) in [5, 5.41) is 20.5. The molecule has 0 aliphatic heterocycles. The number of carbonyl (C=O) groups is 1. The number of ether oxygens (including phenoxy) is 1. The fourth-order valence-corrected chi connectivity index (χ4v) is 1.76. The number of rotatable bonds is 5. The van der Waals surface area contributed by atoms with E-state index in [1.165, 1.54) is 6.07 Å². The molecular weight excluding hydrogens is 294 g/mol. The molecule has 0 bridgehead atoms. The van der Waals surface area contributed by atoms with Crippen LogP contribution in [0.3, 0.4) is 0 Å². The first-order valence-corrected chi connectivity index (χ1v) is 7.29. The van der Waals surface area contributed by atoms with Gasteiger partial charge >= 0.3 is 0 Å². The van der Waals surface area contributed by atoms with E-state index in [-0.39, 0.29) is 29.6 Å². The van der Waals surface area contributed by atoms with Gasteiger partial charge in [0.1, 0.15) is 6.10 Å². The van der Waals surface area contributed by atoms with Crippen LogP contribution < -0.4 is 5.32 Å². The fraction of sp³-hybridized carbons (Fsp3) is 0.643. The molecule has 2 rings (SSSR count). The van der Waals surface area contributed by atoms with Crippen LogP contribution in [-0.4, -0.2) is 33.9 Å². The first-order valence-electron chi connectivity index (χ1n) is 6.91. The lowest BCUT2D eigenvalue weighted by atomic mass is 9.96. The van der Waals surface area contributed by atoms with E-state index >= 15 is 0 Å². The van der Waals surface area contributed by atoms with Crippen molar-refractivity contribution in [3.8, 4) is 0 Å². The normalized spacial score (nSPS) is 16.6. The second-order valence-electron chi connectivity index (χ2n) is 6.23. The Morgan fingerprint density at radius 1 is 1.52 bits per heavy atom. The molecule has 116 valence electrons. The van der Waals surface area contributed by atoms with E-state index in [9.17, 15) is 9.90 Å². The standard InChI is InChI=1S/C14H20ClN3O3/c1-14(2,3)13(20)16-11-6-9(12(15)18-17-11)10(19)7-21-8-4-5-8/h6,8,10,19H,4-5,7H2,1-3H3,(H,16,17,20). The van der Waals surface area contributed by atoms with Gasteiger partial charge < -0.3 is 15.2 Å². The number of halogens is 1. The number of hydrogen-bond acceptors (Lipinski definition) is 5. The zero-order valence-corrected chi connectivity index (χ0v) is 13.1. The van der Waals surface area contributed by atoms with Crippen LogP contribution in [0.4, 0.5) is 5.82 Å². The molecule has 0 saturated heterocycles. The van der Waals surface area contributed by atoms with E-state index in [4.69, 9.17) is 16.3 Å². The highest BCUT2D eigenvalue weighted by molar-refractivity contribution is 6.30. The van der Waals surface area contributed by atoms with Crippen LogP contribution in [0.15, 0.2) is 6.07 Å². The van der Waals surface area contributed by atoms with Crippen molar-refractivity contribution in [3.63, 3.8) is 0 Å². The summed E-state index contributed by atoms with van der Waals surface area (Å²) in [7, 11) is 0. The third-order valence-electron chi connectivity index (χ3n) is 3.07. The smallest absolute Gasteiger partial charge is 0.230 e. The minimum absolute atomic E-state index is 0.107. The van der Waals surface area contributed by atoms with Gasteiger partial charge in [0, 0.05) is 11.0 Å². The van der Waals surface area contributed by atoms with Crippen LogP contribution in [0.2, 0.25) is 5.15 Å². The van der Waals surface area contributed by atoms with E-state index in [2.05, 4.69) is 15.5 Å². The second kappa shape index (κ2) is 6.25. The summed E-state index contributed by atoms with van der Waals surface area (Å²) in [6, 6.07) is 1.53. The fourth-order valence-electron chi connectivity index (χ4n) is 1.54. The van der Waals surface area contributed by atoms with Gasteiger partial charge in [-0.25, -0.2) is 0 Å². The molecule has 1 heterocycles. The number of aromatic nitrogens is 2. The number of aliphatic hydroxyl groups is 1. The number of nitrogens with one attached hydrogen (secondary N) is 1. The highest BCUT2D eigenvalue weighted by Crippen LogP contribution is 2.28. The largest absolute Gasteiger partial charge is 0.386 e. The lowest BCUT2D eigenvalue weighted by Gasteiger charge is -2.18. The summed E-state index contributed by atoms with van der Waals surface area (Å²) in [5.41, 5.74) is -0.147. The van der Waals surface area contributed by atoms with Gasteiger partial charge in [-0.05, 0) is 18.9 Å². The summed E-state index contributed by atoms with van der Waals surface area (Å²) in [6.45, 7) is 5.55. The molecule has 0 radical (unpaired) electrons. The summed E-state index contributed by atoms with van der Waals surface area (Å²) < 4.78 is 5.46. The Morgan fingerprint density at radius 3 is 2.76 bits per heavy atom. The topological polar surface area (TPSA) is 84.3 Å². The van der Waals surface area contributed by atoms with Gasteiger partial charge in [-0.3, -0.25) is 4.79 Å². The SMILES string of the molecule is CC(C)(C)C(=O)Nc1cc(C(O)COC2CC2)c(Cl)nn1. The molecule has 0 spiro atoms. The van der Waals surface area contributed by atoms with Crippen LogP contribution in [0.1, 0.15) is 45.3 Å². The zero-order chi connectivity index (χ0) is 15.6. The van der Waals surface area contributed by atoms with Gasteiger partial charge in [0.2, 0.25) is 5.91 Å². The molecule has 1 atom stereocenters. The molecule has 1 aromatic rings. The summed E-state index contributed by atoms with van der Waals surface area (Å²) >= 11 is 5.95. The van der Waals surface area contributed by atoms with E-state index < -0.39 is 11.5 Å². The highest BCUT2D eigenvalue weighted by atomic mass is 35.5. The average molecular weight is 314 g/mol. The second-order valence-corrected chi connectivity index (χ2v) is 6.59. The van der Waals surface area contributed by atoms with Crippen molar-refractivity contribution in [2.45, 2.75) is 45.8 Å². The molecule has 1 saturated carbocycles. The maximum atomic E-state index is 11.9. The van der Waals surface area contributed by atoms with Gasteiger partial charge in [-0.2, -0.15) is 0 Å². The molecule has 1 aliphatic carbocycles. The van der Waals surface area contributed by atoms with Gasteiger partial charge in [0.05, 0.1) is 12.7 Å². The molecule has 1 aliphatic rings. The Balaban J connectivity index is 2.06. The lowest BCUT2D eigenvalue weighted by Crippen LogP contribution is -2.28. The van der Waals surface area contributed by atoms with Gasteiger partial charge in [0.25, 0.3) is 0 Å². The Kier molecular flexibility index (Phi) is 4.81. The number of hydrogen-bond donors (Lipinski definition) is 2. The Labute approximate surface area is 128 Å². The van der Waals surface area contributed by atoms with Crippen molar-refractivity contribution in [2.24, 2.45) is 5.41 Å². The lowest BCUT2D eigenvalue weighted by molar-refractivity contribution is -0.123. The van der Waals surface area contributed by atoms with E-state index in [0.29, 0.717) is 5.56 Å². The molecule has 1 fully saturated rings.